The van der Waals surface area contributed by atoms with Gasteiger partial charge in [-0.3, -0.25) is 10.1 Å². The number of carbonyl (C=O) groups is 3. The van der Waals surface area contributed by atoms with Gasteiger partial charge >= 0.3 is 12.0 Å². The Balaban J connectivity index is 1.69. The molecule has 27 heavy (non-hydrogen) atoms. The van der Waals surface area contributed by atoms with E-state index < -0.39 is 17.9 Å². The maximum absolute atomic E-state index is 11.8. The molecule has 1 aliphatic carbocycles. The quantitative estimate of drug-likeness (QED) is 0.539. The van der Waals surface area contributed by atoms with Gasteiger partial charge in [0.05, 0.1) is 12.2 Å². The lowest BCUT2D eigenvalue weighted by Crippen LogP contribution is -2.42. The molecule has 3 amide bonds. The van der Waals surface area contributed by atoms with Crippen molar-refractivity contribution in [2.75, 3.05) is 19.8 Å². The monoisotopic (exact) mass is 374 g/mol. The van der Waals surface area contributed by atoms with Crippen LogP contribution in [0.1, 0.15) is 49.4 Å². The van der Waals surface area contributed by atoms with E-state index in [4.69, 9.17) is 9.47 Å². The van der Waals surface area contributed by atoms with Crippen LogP contribution in [0.5, 0.6) is 5.75 Å². The molecular formula is C20H26N2O5. The number of benzene rings is 1. The highest BCUT2D eigenvalue weighted by molar-refractivity contribution is 5.95. The molecule has 1 aromatic carbocycles. The highest BCUT2D eigenvalue weighted by Crippen LogP contribution is 2.19. The van der Waals surface area contributed by atoms with Crippen molar-refractivity contribution in [2.24, 2.45) is 0 Å². The maximum atomic E-state index is 11.8. The van der Waals surface area contributed by atoms with Gasteiger partial charge < -0.3 is 14.8 Å². The van der Waals surface area contributed by atoms with Crippen molar-refractivity contribution >= 4 is 17.9 Å². The molecule has 0 atom stereocenters. The SMILES string of the molecule is CCOC(=O)c1cccc(OCC(=O)NC(=O)NCCC2=CCCCC2)c1. The van der Waals surface area contributed by atoms with Crippen LogP contribution in [0.15, 0.2) is 35.9 Å². The largest absolute Gasteiger partial charge is 0.484 e. The van der Waals surface area contributed by atoms with Crippen LogP contribution in [0.2, 0.25) is 0 Å². The van der Waals surface area contributed by atoms with E-state index >= 15 is 0 Å². The van der Waals surface area contributed by atoms with E-state index in [-0.39, 0.29) is 13.2 Å². The molecule has 2 rings (SSSR count). The minimum atomic E-state index is -0.564. The Hall–Kier alpha value is -2.83. The van der Waals surface area contributed by atoms with Gasteiger partial charge in [-0.2, -0.15) is 0 Å². The van der Waals surface area contributed by atoms with Crippen molar-refractivity contribution in [1.29, 1.82) is 0 Å². The van der Waals surface area contributed by atoms with Crippen LogP contribution in [0.25, 0.3) is 0 Å². The molecule has 0 unspecified atom stereocenters. The van der Waals surface area contributed by atoms with Crippen LogP contribution in [0, 0.1) is 0 Å². The van der Waals surface area contributed by atoms with Crippen molar-refractivity contribution in [1.82, 2.24) is 10.6 Å². The summed E-state index contributed by atoms with van der Waals surface area (Å²) in [7, 11) is 0. The molecule has 146 valence electrons. The number of ether oxygens (including phenoxy) is 2. The van der Waals surface area contributed by atoms with Crippen LogP contribution < -0.4 is 15.4 Å². The molecule has 2 N–H and O–H groups in total. The number of nitrogens with one attached hydrogen (secondary N) is 2. The molecule has 0 radical (unpaired) electrons. The van der Waals surface area contributed by atoms with Crippen LogP contribution in [0.4, 0.5) is 4.79 Å². The van der Waals surface area contributed by atoms with Gasteiger partial charge in [-0.05, 0) is 57.2 Å². The lowest BCUT2D eigenvalue weighted by Gasteiger charge is -2.13. The first-order chi connectivity index (χ1) is 13.1. The first-order valence-corrected chi connectivity index (χ1v) is 9.24. The molecule has 0 saturated heterocycles. The number of hydrogen-bond donors (Lipinski definition) is 2. The van der Waals surface area contributed by atoms with Gasteiger partial charge in [0.2, 0.25) is 0 Å². The summed E-state index contributed by atoms with van der Waals surface area (Å²) in [5.74, 6) is -0.675. The van der Waals surface area contributed by atoms with Gasteiger partial charge in [0.1, 0.15) is 5.75 Å². The van der Waals surface area contributed by atoms with Gasteiger partial charge in [0.25, 0.3) is 5.91 Å². The molecule has 0 bridgehead atoms. The van der Waals surface area contributed by atoms with Crippen molar-refractivity contribution < 1.29 is 23.9 Å². The summed E-state index contributed by atoms with van der Waals surface area (Å²) >= 11 is 0. The topological polar surface area (TPSA) is 93.7 Å². The average molecular weight is 374 g/mol. The van der Waals surface area contributed by atoms with E-state index in [1.807, 2.05) is 0 Å². The number of imide groups is 1. The Morgan fingerprint density at radius 3 is 2.78 bits per heavy atom. The maximum Gasteiger partial charge on any atom is 0.338 e. The van der Waals surface area contributed by atoms with E-state index in [2.05, 4.69) is 16.7 Å². The Bertz CT molecular complexity index is 699. The summed E-state index contributed by atoms with van der Waals surface area (Å²) < 4.78 is 10.2. The molecule has 0 heterocycles. The fourth-order valence-corrected chi connectivity index (χ4v) is 2.75. The van der Waals surface area contributed by atoms with Gasteiger partial charge in [0, 0.05) is 6.54 Å². The second-order valence-electron chi connectivity index (χ2n) is 6.20. The molecule has 7 nitrogen and oxygen atoms in total. The van der Waals surface area contributed by atoms with Crippen LogP contribution in [-0.2, 0) is 9.53 Å². The van der Waals surface area contributed by atoms with Crippen LogP contribution in [-0.4, -0.2) is 37.7 Å². The Morgan fingerprint density at radius 2 is 2.04 bits per heavy atom. The van der Waals surface area contributed by atoms with Gasteiger partial charge in [-0.1, -0.05) is 17.7 Å². The molecule has 0 fully saturated rings. The van der Waals surface area contributed by atoms with Crippen molar-refractivity contribution in [3.05, 3.63) is 41.5 Å². The third-order valence-electron chi connectivity index (χ3n) is 4.08. The first-order valence-electron chi connectivity index (χ1n) is 9.24. The fraction of sp³-hybridized carbons (Fsp3) is 0.450. The lowest BCUT2D eigenvalue weighted by molar-refractivity contribution is -0.122. The zero-order chi connectivity index (χ0) is 19.5. The summed E-state index contributed by atoms with van der Waals surface area (Å²) in [6.45, 7) is 2.16. The van der Waals surface area contributed by atoms with E-state index in [0.717, 1.165) is 19.3 Å². The zero-order valence-electron chi connectivity index (χ0n) is 15.6. The predicted octanol–water partition coefficient (Wildman–Crippen LogP) is 2.96. The molecule has 7 heteroatoms. The molecule has 1 aliphatic rings. The number of amides is 3. The molecule has 0 spiro atoms. The Labute approximate surface area is 159 Å². The third kappa shape index (κ3) is 7.52. The third-order valence-corrected chi connectivity index (χ3v) is 4.08. The smallest absolute Gasteiger partial charge is 0.338 e. The summed E-state index contributed by atoms with van der Waals surface area (Å²) in [4.78, 5) is 35.2. The molecule has 1 aromatic rings. The molecule has 0 saturated carbocycles. The second kappa shape index (κ2) is 11.0. The van der Waals surface area contributed by atoms with Crippen molar-refractivity contribution in [3.8, 4) is 5.75 Å². The normalized spacial score (nSPS) is 13.3. The summed E-state index contributed by atoms with van der Waals surface area (Å²) in [6.07, 6.45) is 7.65. The number of carbonyl (C=O) groups excluding carboxylic acids is 3. The minimum Gasteiger partial charge on any atom is -0.484 e. The summed E-state index contributed by atoms with van der Waals surface area (Å²) in [6, 6.07) is 5.80. The van der Waals surface area contributed by atoms with E-state index in [1.165, 1.54) is 24.5 Å². The highest BCUT2D eigenvalue weighted by atomic mass is 16.5. The summed E-state index contributed by atoms with van der Waals surface area (Å²) in [5, 5.41) is 4.89. The van der Waals surface area contributed by atoms with Crippen LogP contribution in [0.3, 0.4) is 0 Å². The van der Waals surface area contributed by atoms with Crippen molar-refractivity contribution in [2.45, 2.75) is 39.0 Å². The Kier molecular flexibility index (Phi) is 8.35. The van der Waals surface area contributed by atoms with Crippen LogP contribution >= 0.6 is 0 Å². The van der Waals surface area contributed by atoms with Gasteiger partial charge in [-0.15, -0.1) is 0 Å². The number of hydrogen-bond acceptors (Lipinski definition) is 5. The zero-order valence-corrected chi connectivity index (χ0v) is 15.6. The second-order valence-corrected chi connectivity index (χ2v) is 6.20. The van der Waals surface area contributed by atoms with Crippen molar-refractivity contribution in [3.63, 3.8) is 0 Å². The standard InChI is InChI=1S/C20H26N2O5/c1-2-26-19(24)16-9-6-10-17(13-16)27-14-18(23)22-20(25)21-12-11-15-7-4-3-5-8-15/h6-7,9-10,13H,2-5,8,11-12,14H2,1H3,(H2,21,22,23,25). The number of urea groups is 1. The number of allylic oxidation sites excluding steroid dienone is 1. The average Bonchev–Trinajstić information content (AvgIpc) is 2.67. The fourth-order valence-electron chi connectivity index (χ4n) is 2.75. The van der Waals surface area contributed by atoms with E-state index in [1.54, 1.807) is 25.1 Å². The lowest BCUT2D eigenvalue weighted by atomic mass is 9.97. The highest BCUT2D eigenvalue weighted by Gasteiger charge is 2.11. The van der Waals surface area contributed by atoms with E-state index in [0.29, 0.717) is 17.9 Å². The first kappa shape index (κ1) is 20.5. The predicted molar refractivity (Wildman–Crippen MR) is 101 cm³/mol. The van der Waals surface area contributed by atoms with E-state index in [9.17, 15) is 14.4 Å². The minimum absolute atomic E-state index is 0.277. The molecule has 0 aromatic heterocycles. The number of rotatable bonds is 8. The Morgan fingerprint density at radius 1 is 1.19 bits per heavy atom. The summed E-state index contributed by atoms with van der Waals surface area (Å²) in [5.41, 5.74) is 1.70. The molecular weight excluding hydrogens is 348 g/mol. The molecule has 0 aliphatic heterocycles. The number of esters is 1. The van der Waals surface area contributed by atoms with Gasteiger partial charge in [-0.25, -0.2) is 9.59 Å². The van der Waals surface area contributed by atoms with Gasteiger partial charge in [0.15, 0.2) is 6.61 Å².